The van der Waals surface area contributed by atoms with Gasteiger partial charge in [0.25, 0.3) is 0 Å². The summed E-state index contributed by atoms with van der Waals surface area (Å²) in [6.07, 6.45) is 0. The highest BCUT2D eigenvalue weighted by atomic mass is 16.5. The molecule has 0 aliphatic heterocycles. The molecule has 0 amide bonds. The SMILES string of the molecule is Cc1ccc(-n2nc(C(C)(C)C)cc2OC(=O)C(C)(C)C)cc1. The van der Waals surface area contributed by atoms with Crippen LogP contribution in [0.5, 0.6) is 5.88 Å². The van der Waals surface area contributed by atoms with Gasteiger partial charge < -0.3 is 4.74 Å². The second-order valence-electron chi connectivity index (χ2n) is 8.00. The molecule has 0 radical (unpaired) electrons. The Morgan fingerprint density at radius 3 is 2.09 bits per heavy atom. The van der Waals surface area contributed by atoms with Gasteiger partial charge in [0.1, 0.15) is 0 Å². The van der Waals surface area contributed by atoms with Crippen LogP contribution in [0, 0.1) is 12.3 Å². The number of nitrogens with zero attached hydrogens (tertiary/aromatic N) is 2. The Morgan fingerprint density at radius 2 is 1.61 bits per heavy atom. The summed E-state index contributed by atoms with van der Waals surface area (Å²) in [5, 5.41) is 4.66. The monoisotopic (exact) mass is 314 g/mol. The number of aryl methyl sites for hydroxylation is 1. The summed E-state index contributed by atoms with van der Waals surface area (Å²) in [5.41, 5.74) is 2.24. The van der Waals surface area contributed by atoms with E-state index in [2.05, 4.69) is 25.9 Å². The molecule has 0 fully saturated rings. The predicted molar refractivity (Wildman–Crippen MR) is 92.1 cm³/mol. The fourth-order valence-electron chi connectivity index (χ4n) is 1.92. The number of rotatable bonds is 2. The molecular formula is C19H26N2O2. The normalized spacial score (nSPS) is 12.3. The van der Waals surface area contributed by atoms with Crippen LogP contribution >= 0.6 is 0 Å². The molecule has 0 aliphatic rings. The lowest BCUT2D eigenvalue weighted by Crippen LogP contribution is -2.26. The summed E-state index contributed by atoms with van der Waals surface area (Å²) >= 11 is 0. The molecule has 0 aliphatic carbocycles. The van der Waals surface area contributed by atoms with Crippen LogP contribution in [0.4, 0.5) is 0 Å². The van der Waals surface area contributed by atoms with Crippen molar-refractivity contribution in [3.8, 4) is 11.6 Å². The van der Waals surface area contributed by atoms with Crippen molar-refractivity contribution in [2.45, 2.75) is 53.9 Å². The van der Waals surface area contributed by atoms with Crippen molar-refractivity contribution >= 4 is 5.97 Å². The standard InChI is InChI=1S/C19H26N2O2/c1-13-8-10-14(11-9-13)21-16(23-17(22)19(5,6)7)12-15(20-21)18(2,3)4/h8-12H,1-7H3. The van der Waals surface area contributed by atoms with E-state index < -0.39 is 5.41 Å². The van der Waals surface area contributed by atoms with Gasteiger partial charge in [-0.25, -0.2) is 4.68 Å². The Balaban J connectivity index is 2.49. The zero-order chi connectivity index (χ0) is 17.4. The number of aromatic nitrogens is 2. The number of carbonyl (C=O) groups excluding carboxylic acids is 1. The van der Waals surface area contributed by atoms with Crippen LogP contribution in [0.25, 0.3) is 5.69 Å². The van der Waals surface area contributed by atoms with E-state index in [9.17, 15) is 4.79 Å². The molecule has 2 rings (SSSR count). The van der Waals surface area contributed by atoms with Crippen molar-refractivity contribution in [1.29, 1.82) is 0 Å². The van der Waals surface area contributed by atoms with Crippen molar-refractivity contribution in [3.05, 3.63) is 41.6 Å². The minimum absolute atomic E-state index is 0.126. The Morgan fingerprint density at radius 1 is 1.04 bits per heavy atom. The molecule has 124 valence electrons. The third-order valence-electron chi connectivity index (χ3n) is 3.53. The van der Waals surface area contributed by atoms with Gasteiger partial charge in [-0.3, -0.25) is 4.79 Å². The summed E-state index contributed by atoms with van der Waals surface area (Å²) in [4.78, 5) is 12.3. The first-order valence-corrected chi connectivity index (χ1v) is 7.88. The minimum atomic E-state index is -0.565. The summed E-state index contributed by atoms with van der Waals surface area (Å²) in [7, 11) is 0. The van der Waals surface area contributed by atoms with E-state index >= 15 is 0 Å². The molecule has 1 heterocycles. The molecule has 0 saturated carbocycles. The van der Waals surface area contributed by atoms with Crippen molar-refractivity contribution in [2.24, 2.45) is 5.41 Å². The van der Waals surface area contributed by atoms with E-state index in [1.54, 1.807) is 4.68 Å². The van der Waals surface area contributed by atoms with Gasteiger partial charge in [0.05, 0.1) is 16.8 Å². The lowest BCUT2D eigenvalue weighted by Gasteiger charge is -2.16. The number of ether oxygens (including phenoxy) is 1. The van der Waals surface area contributed by atoms with Gasteiger partial charge >= 0.3 is 5.97 Å². The van der Waals surface area contributed by atoms with Gasteiger partial charge in [-0.05, 0) is 39.8 Å². The zero-order valence-electron chi connectivity index (χ0n) is 15.1. The maximum absolute atomic E-state index is 12.3. The number of esters is 1. The third-order valence-corrected chi connectivity index (χ3v) is 3.53. The van der Waals surface area contributed by atoms with Gasteiger partial charge in [-0.1, -0.05) is 38.5 Å². The summed E-state index contributed by atoms with van der Waals surface area (Å²) in [5.74, 6) is 0.185. The third kappa shape index (κ3) is 4.01. The average molecular weight is 314 g/mol. The van der Waals surface area contributed by atoms with Crippen LogP contribution < -0.4 is 4.74 Å². The lowest BCUT2D eigenvalue weighted by atomic mass is 9.92. The summed E-state index contributed by atoms with van der Waals surface area (Å²) in [6.45, 7) is 13.8. The van der Waals surface area contributed by atoms with Crippen molar-refractivity contribution in [3.63, 3.8) is 0 Å². The molecular weight excluding hydrogens is 288 g/mol. The second-order valence-corrected chi connectivity index (χ2v) is 8.00. The Labute approximate surface area is 138 Å². The van der Waals surface area contributed by atoms with Crippen LogP contribution in [-0.2, 0) is 10.2 Å². The highest BCUT2D eigenvalue weighted by molar-refractivity contribution is 5.77. The Kier molecular flexibility index (Phi) is 4.38. The summed E-state index contributed by atoms with van der Waals surface area (Å²) in [6, 6.07) is 9.84. The van der Waals surface area contributed by atoms with Crippen LogP contribution in [0.3, 0.4) is 0 Å². The molecule has 0 unspecified atom stereocenters. The van der Waals surface area contributed by atoms with Gasteiger partial charge in [0.2, 0.25) is 5.88 Å². The van der Waals surface area contributed by atoms with E-state index in [0.29, 0.717) is 5.88 Å². The molecule has 0 atom stereocenters. The van der Waals surface area contributed by atoms with Crippen LogP contribution in [0.15, 0.2) is 30.3 Å². The second kappa shape index (κ2) is 5.84. The Bertz CT molecular complexity index is 698. The van der Waals surface area contributed by atoms with Crippen molar-refractivity contribution in [1.82, 2.24) is 9.78 Å². The largest absolute Gasteiger partial charge is 0.407 e. The quantitative estimate of drug-likeness (QED) is 0.770. The topological polar surface area (TPSA) is 44.1 Å². The Hall–Kier alpha value is -2.10. The van der Waals surface area contributed by atoms with Crippen LogP contribution in [0.1, 0.15) is 52.8 Å². The van der Waals surface area contributed by atoms with Gasteiger partial charge in [-0.2, -0.15) is 5.10 Å². The smallest absolute Gasteiger partial charge is 0.317 e. The maximum atomic E-state index is 12.3. The number of benzene rings is 1. The van der Waals surface area contributed by atoms with E-state index in [-0.39, 0.29) is 11.4 Å². The molecule has 0 saturated heterocycles. The van der Waals surface area contributed by atoms with Crippen molar-refractivity contribution in [2.75, 3.05) is 0 Å². The maximum Gasteiger partial charge on any atom is 0.317 e. The highest BCUT2D eigenvalue weighted by Gasteiger charge is 2.27. The van der Waals surface area contributed by atoms with Gasteiger partial charge in [0, 0.05) is 11.5 Å². The van der Waals surface area contributed by atoms with Crippen LogP contribution in [0.2, 0.25) is 0 Å². The lowest BCUT2D eigenvalue weighted by molar-refractivity contribution is -0.143. The summed E-state index contributed by atoms with van der Waals surface area (Å²) < 4.78 is 7.33. The zero-order valence-corrected chi connectivity index (χ0v) is 15.1. The van der Waals surface area contributed by atoms with E-state index in [1.807, 2.05) is 58.0 Å². The van der Waals surface area contributed by atoms with Crippen LogP contribution in [-0.4, -0.2) is 15.7 Å². The first kappa shape index (κ1) is 17.3. The number of hydrogen-bond donors (Lipinski definition) is 0. The molecule has 0 bridgehead atoms. The first-order chi connectivity index (χ1) is 10.5. The highest BCUT2D eigenvalue weighted by Crippen LogP contribution is 2.29. The molecule has 1 aromatic carbocycles. The van der Waals surface area contributed by atoms with E-state index in [4.69, 9.17) is 4.74 Å². The molecule has 1 aromatic heterocycles. The molecule has 23 heavy (non-hydrogen) atoms. The fraction of sp³-hybridized carbons (Fsp3) is 0.474. The minimum Gasteiger partial charge on any atom is -0.407 e. The molecule has 2 aromatic rings. The van der Waals surface area contributed by atoms with Gasteiger partial charge in [0.15, 0.2) is 0 Å². The molecule has 4 nitrogen and oxygen atoms in total. The van der Waals surface area contributed by atoms with Gasteiger partial charge in [-0.15, -0.1) is 0 Å². The van der Waals surface area contributed by atoms with Crippen molar-refractivity contribution < 1.29 is 9.53 Å². The predicted octanol–water partition coefficient (Wildman–Crippen LogP) is 4.43. The number of hydrogen-bond acceptors (Lipinski definition) is 3. The fourth-order valence-corrected chi connectivity index (χ4v) is 1.92. The van der Waals surface area contributed by atoms with E-state index in [1.165, 1.54) is 5.56 Å². The molecule has 4 heteroatoms. The number of carbonyl (C=O) groups is 1. The average Bonchev–Trinajstić information content (AvgIpc) is 2.82. The molecule has 0 N–H and O–H groups in total. The molecule has 0 spiro atoms. The van der Waals surface area contributed by atoms with E-state index in [0.717, 1.165) is 11.4 Å². The first-order valence-electron chi connectivity index (χ1n) is 7.88.